The fraction of sp³-hybridized carbons (Fsp3) is 0.250. The van der Waals surface area contributed by atoms with E-state index >= 15 is 0 Å². The Hall–Kier alpha value is -2.11. The number of rotatable bonds is 6. The van der Waals surface area contributed by atoms with Gasteiger partial charge in [-0.2, -0.15) is 5.10 Å². The first kappa shape index (κ1) is 14.8. The molecule has 3 rings (SSSR count). The molecular weight excluding hydrogens is 302 g/mol. The summed E-state index contributed by atoms with van der Waals surface area (Å²) in [5.74, 6) is 1.39. The monoisotopic (exact) mass is 317 g/mol. The number of furan rings is 1. The van der Waals surface area contributed by atoms with E-state index in [0.29, 0.717) is 18.7 Å². The molecule has 6 heteroatoms. The van der Waals surface area contributed by atoms with Crippen molar-refractivity contribution in [3.05, 3.63) is 70.7 Å². The summed E-state index contributed by atoms with van der Waals surface area (Å²) in [7, 11) is 0. The van der Waals surface area contributed by atoms with E-state index in [0.717, 1.165) is 28.3 Å². The molecule has 0 bridgehead atoms. The van der Waals surface area contributed by atoms with Crippen LogP contribution in [0.15, 0.2) is 47.3 Å². The van der Waals surface area contributed by atoms with Crippen LogP contribution in [-0.4, -0.2) is 20.3 Å². The van der Waals surface area contributed by atoms with E-state index in [1.54, 1.807) is 6.26 Å². The molecule has 0 aliphatic rings. The molecule has 114 valence electrons. The lowest BCUT2D eigenvalue weighted by Crippen LogP contribution is -2.01. The number of benzene rings is 1. The van der Waals surface area contributed by atoms with Gasteiger partial charge in [0.2, 0.25) is 0 Å². The van der Waals surface area contributed by atoms with Crippen LogP contribution < -0.4 is 0 Å². The summed E-state index contributed by atoms with van der Waals surface area (Å²) in [6, 6.07) is 9.72. The quantitative estimate of drug-likeness (QED) is 0.731. The molecule has 1 atom stereocenters. The predicted molar refractivity (Wildman–Crippen MR) is 82.6 cm³/mol. The van der Waals surface area contributed by atoms with E-state index in [-0.39, 0.29) is 0 Å². The van der Waals surface area contributed by atoms with Gasteiger partial charge in [-0.1, -0.05) is 23.7 Å². The summed E-state index contributed by atoms with van der Waals surface area (Å²) in [5, 5.41) is 17.1. The Balaban J connectivity index is 1.56. The number of aromatic nitrogens is 3. The molecule has 0 aliphatic heterocycles. The number of nitrogens with zero attached hydrogens (tertiary/aromatic N) is 2. The maximum atomic E-state index is 9.96. The van der Waals surface area contributed by atoms with Crippen molar-refractivity contribution in [2.24, 2.45) is 0 Å². The number of nitrogens with one attached hydrogen (secondary N) is 1. The Morgan fingerprint density at radius 2 is 2.05 bits per heavy atom. The first-order valence-electron chi connectivity index (χ1n) is 7.05. The smallest absolute Gasteiger partial charge is 0.153 e. The zero-order chi connectivity index (χ0) is 15.4. The second kappa shape index (κ2) is 6.77. The molecular formula is C16H16ClN3O2. The van der Waals surface area contributed by atoms with Crippen LogP contribution in [0.2, 0.25) is 5.02 Å². The fourth-order valence-electron chi connectivity index (χ4n) is 2.27. The molecule has 5 nitrogen and oxygen atoms in total. The first-order valence-corrected chi connectivity index (χ1v) is 7.42. The third-order valence-corrected chi connectivity index (χ3v) is 3.71. The van der Waals surface area contributed by atoms with Crippen molar-refractivity contribution in [2.75, 3.05) is 0 Å². The average Bonchev–Trinajstić information content (AvgIpc) is 3.19. The van der Waals surface area contributed by atoms with Crippen LogP contribution in [0, 0.1) is 0 Å². The summed E-state index contributed by atoms with van der Waals surface area (Å²) < 4.78 is 5.57. The van der Waals surface area contributed by atoms with Crippen LogP contribution in [0.3, 0.4) is 0 Å². The second-order valence-corrected chi connectivity index (χ2v) is 5.59. The molecule has 1 aromatic carbocycles. The number of halogens is 1. The lowest BCUT2D eigenvalue weighted by atomic mass is 10.1. The Morgan fingerprint density at radius 1 is 1.23 bits per heavy atom. The van der Waals surface area contributed by atoms with Gasteiger partial charge in [-0.3, -0.25) is 5.10 Å². The number of aliphatic hydroxyl groups excluding tert-OH is 1. The maximum absolute atomic E-state index is 9.96. The Bertz CT molecular complexity index is 707. The molecule has 0 saturated heterocycles. The summed E-state index contributed by atoms with van der Waals surface area (Å²) in [4.78, 5) is 3.95. The minimum absolute atomic E-state index is 0.491. The molecule has 0 radical (unpaired) electrons. The highest BCUT2D eigenvalue weighted by Gasteiger charge is 2.11. The SMILES string of the molecule is OC(CCc1coc(Cc2ccc(Cl)cc2)c1)c1ncn[nH]1. The predicted octanol–water partition coefficient (Wildman–Crippen LogP) is 3.31. The van der Waals surface area contributed by atoms with E-state index in [2.05, 4.69) is 15.2 Å². The van der Waals surface area contributed by atoms with E-state index in [1.165, 1.54) is 6.33 Å². The number of hydrogen-bond donors (Lipinski definition) is 2. The van der Waals surface area contributed by atoms with Crippen LogP contribution in [0.1, 0.15) is 35.2 Å². The summed E-state index contributed by atoms with van der Waals surface area (Å²) in [6.45, 7) is 0. The van der Waals surface area contributed by atoms with E-state index in [9.17, 15) is 5.11 Å². The third kappa shape index (κ3) is 3.75. The van der Waals surface area contributed by atoms with Crippen LogP contribution in [0.4, 0.5) is 0 Å². The number of aryl methyl sites for hydroxylation is 1. The highest BCUT2D eigenvalue weighted by Crippen LogP contribution is 2.19. The molecule has 2 N–H and O–H groups in total. The van der Waals surface area contributed by atoms with Gasteiger partial charge in [-0.25, -0.2) is 4.98 Å². The second-order valence-electron chi connectivity index (χ2n) is 5.15. The van der Waals surface area contributed by atoms with Gasteiger partial charge < -0.3 is 9.52 Å². The van der Waals surface area contributed by atoms with Gasteiger partial charge in [-0.15, -0.1) is 0 Å². The van der Waals surface area contributed by atoms with Gasteiger partial charge in [0.25, 0.3) is 0 Å². The molecule has 0 aliphatic carbocycles. The minimum atomic E-state index is -0.642. The molecule has 22 heavy (non-hydrogen) atoms. The number of aliphatic hydroxyl groups is 1. The van der Waals surface area contributed by atoms with Crippen LogP contribution >= 0.6 is 11.6 Å². The van der Waals surface area contributed by atoms with Crippen molar-refractivity contribution < 1.29 is 9.52 Å². The lowest BCUT2D eigenvalue weighted by molar-refractivity contribution is 0.158. The van der Waals surface area contributed by atoms with E-state index in [1.807, 2.05) is 30.3 Å². The number of aromatic amines is 1. The Labute approximate surface area is 133 Å². The van der Waals surface area contributed by atoms with Crippen LogP contribution in [0.25, 0.3) is 0 Å². The van der Waals surface area contributed by atoms with Gasteiger partial charge in [0.1, 0.15) is 18.2 Å². The van der Waals surface area contributed by atoms with Gasteiger partial charge in [0, 0.05) is 11.4 Å². The largest absolute Gasteiger partial charge is 0.469 e. The van der Waals surface area contributed by atoms with Gasteiger partial charge in [0.05, 0.1) is 6.26 Å². The van der Waals surface area contributed by atoms with Crippen molar-refractivity contribution >= 4 is 11.6 Å². The maximum Gasteiger partial charge on any atom is 0.153 e. The van der Waals surface area contributed by atoms with Gasteiger partial charge in [0.15, 0.2) is 5.82 Å². The van der Waals surface area contributed by atoms with Crippen molar-refractivity contribution in [1.82, 2.24) is 15.2 Å². The molecule has 0 saturated carbocycles. The Morgan fingerprint density at radius 3 is 2.77 bits per heavy atom. The molecule has 0 fully saturated rings. The zero-order valence-electron chi connectivity index (χ0n) is 11.9. The van der Waals surface area contributed by atoms with Crippen LogP contribution in [-0.2, 0) is 12.8 Å². The lowest BCUT2D eigenvalue weighted by Gasteiger charge is -2.04. The highest BCUT2D eigenvalue weighted by molar-refractivity contribution is 6.30. The number of H-pyrrole nitrogens is 1. The van der Waals surface area contributed by atoms with Gasteiger partial charge >= 0.3 is 0 Å². The van der Waals surface area contributed by atoms with Crippen molar-refractivity contribution in [3.8, 4) is 0 Å². The first-order chi connectivity index (χ1) is 10.7. The highest BCUT2D eigenvalue weighted by atomic mass is 35.5. The van der Waals surface area contributed by atoms with E-state index in [4.69, 9.17) is 16.0 Å². The van der Waals surface area contributed by atoms with Crippen molar-refractivity contribution in [3.63, 3.8) is 0 Å². The average molecular weight is 318 g/mol. The summed E-state index contributed by atoms with van der Waals surface area (Å²) >= 11 is 5.87. The topological polar surface area (TPSA) is 74.9 Å². The molecule has 2 aromatic heterocycles. The fourth-order valence-corrected chi connectivity index (χ4v) is 2.40. The molecule has 3 aromatic rings. The van der Waals surface area contributed by atoms with Crippen molar-refractivity contribution in [1.29, 1.82) is 0 Å². The normalized spacial score (nSPS) is 12.5. The summed E-state index contributed by atoms with van der Waals surface area (Å²) in [6.07, 6.45) is 4.49. The van der Waals surface area contributed by atoms with Crippen molar-refractivity contribution in [2.45, 2.75) is 25.4 Å². The molecule has 0 spiro atoms. The van der Waals surface area contributed by atoms with E-state index < -0.39 is 6.10 Å². The molecule has 0 amide bonds. The minimum Gasteiger partial charge on any atom is -0.469 e. The van der Waals surface area contributed by atoms with Crippen LogP contribution in [0.5, 0.6) is 0 Å². The zero-order valence-corrected chi connectivity index (χ0v) is 12.6. The molecule has 1 unspecified atom stereocenters. The summed E-state index contributed by atoms with van der Waals surface area (Å²) in [5.41, 5.74) is 2.20. The number of hydrogen-bond acceptors (Lipinski definition) is 4. The standard InChI is InChI=1S/C16H16ClN3O2/c17-13-4-1-11(2-5-13)7-14-8-12(9-22-14)3-6-15(21)16-18-10-19-20-16/h1-2,4-5,8-10,15,21H,3,6-7H2,(H,18,19,20). The van der Waals surface area contributed by atoms with Gasteiger partial charge in [-0.05, 0) is 42.2 Å². The molecule has 2 heterocycles. The third-order valence-electron chi connectivity index (χ3n) is 3.46. The Kier molecular flexibility index (Phi) is 4.56.